The number of nitriles is 1. The van der Waals surface area contributed by atoms with Crippen LogP contribution in [0, 0.1) is 27.3 Å². The van der Waals surface area contributed by atoms with Gasteiger partial charge in [-0.2, -0.15) is 9.65 Å². The lowest BCUT2D eigenvalue weighted by atomic mass is 10.2. The highest BCUT2D eigenvalue weighted by Gasteiger charge is 2.20. The summed E-state index contributed by atoms with van der Waals surface area (Å²) < 4.78 is 12.8. The maximum Gasteiger partial charge on any atom is 0.346 e. The number of benzene rings is 1. The first-order chi connectivity index (χ1) is 6.06. The maximum atomic E-state index is 12.8. The monoisotopic (exact) mass is 182 g/mol. The number of nitrogens with zero attached hydrogens (tertiary/aromatic N) is 2. The van der Waals surface area contributed by atoms with Gasteiger partial charge in [0.05, 0.1) is 16.6 Å². The fourth-order valence-corrected chi connectivity index (χ4v) is 0.830. The normalized spacial score (nSPS) is 9.23. The van der Waals surface area contributed by atoms with E-state index in [2.05, 4.69) is 0 Å². The second-order valence-electron chi connectivity index (χ2n) is 2.19. The van der Waals surface area contributed by atoms with Crippen molar-refractivity contribution in [3.63, 3.8) is 0 Å². The average Bonchev–Trinajstić information content (AvgIpc) is 2.02. The molecular formula is C7H3FN2O3. The van der Waals surface area contributed by atoms with Gasteiger partial charge in [-0.05, 0) is 6.07 Å². The van der Waals surface area contributed by atoms with Crippen LogP contribution in [0.4, 0.5) is 10.1 Å². The summed E-state index contributed by atoms with van der Waals surface area (Å²) in [5.41, 5.74) is -1.18. The standard InChI is InChI=1S/C7H3FN2O3/c8-5-1-4(3-9)2-6(11)7(5)10(12)13/h1-2,11H. The molecule has 0 aromatic heterocycles. The SMILES string of the molecule is N#Cc1cc(O)c([N+](=O)[O-])c(F)c1. The van der Waals surface area contributed by atoms with E-state index >= 15 is 0 Å². The Bertz CT molecular complexity index is 388. The predicted octanol–water partition coefficient (Wildman–Crippen LogP) is 1.31. The fraction of sp³-hybridized carbons (Fsp3) is 0. The van der Waals surface area contributed by atoms with Gasteiger partial charge in [0.2, 0.25) is 5.82 Å². The molecule has 0 amide bonds. The van der Waals surface area contributed by atoms with Crippen molar-refractivity contribution in [2.75, 3.05) is 0 Å². The number of rotatable bonds is 1. The molecule has 0 radical (unpaired) electrons. The zero-order chi connectivity index (χ0) is 10.0. The number of hydrogen-bond acceptors (Lipinski definition) is 4. The zero-order valence-electron chi connectivity index (χ0n) is 6.19. The zero-order valence-corrected chi connectivity index (χ0v) is 6.19. The van der Waals surface area contributed by atoms with Gasteiger partial charge >= 0.3 is 5.69 Å². The molecule has 1 aromatic carbocycles. The number of phenolic OH excluding ortho intramolecular Hbond substituents is 1. The Balaban J connectivity index is 3.42. The number of aromatic hydroxyl groups is 1. The van der Waals surface area contributed by atoms with Crippen LogP contribution in [-0.4, -0.2) is 10.0 Å². The van der Waals surface area contributed by atoms with Gasteiger partial charge < -0.3 is 5.11 Å². The molecule has 0 atom stereocenters. The fourth-order valence-electron chi connectivity index (χ4n) is 0.830. The second-order valence-corrected chi connectivity index (χ2v) is 2.19. The smallest absolute Gasteiger partial charge is 0.346 e. The summed E-state index contributed by atoms with van der Waals surface area (Å²) in [5, 5.41) is 27.4. The van der Waals surface area contributed by atoms with Gasteiger partial charge in [-0.15, -0.1) is 0 Å². The van der Waals surface area contributed by atoms with Gasteiger partial charge in [-0.1, -0.05) is 0 Å². The molecular weight excluding hydrogens is 179 g/mol. The Morgan fingerprint density at radius 1 is 1.62 bits per heavy atom. The summed E-state index contributed by atoms with van der Waals surface area (Å²) in [6.45, 7) is 0. The third-order valence-electron chi connectivity index (χ3n) is 1.35. The lowest BCUT2D eigenvalue weighted by Crippen LogP contribution is -1.93. The van der Waals surface area contributed by atoms with E-state index in [1.165, 1.54) is 0 Å². The molecule has 0 unspecified atom stereocenters. The lowest BCUT2D eigenvalue weighted by molar-refractivity contribution is -0.388. The largest absolute Gasteiger partial charge is 0.502 e. The van der Waals surface area contributed by atoms with Crippen molar-refractivity contribution in [1.82, 2.24) is 0 Å². The van der Waals surface area contributed by atoms with Crippen LogP contribution >= 0.6 is 0 Å². The lowest BCUT2D eigenvalue weighted by Gasteiger charge is -1.96. The minimum atomic E-state index is -1.22. The summed E-state index contributed by atoms with van der Waals surface area (Å²) in [6.07, 6.45) is 0. The molecule has 5 nitrogen and oxygen atoms in total. The third kappa shape index (κ3) is 1.54. The molecule has 1 rings (SSSR count). The quantitative estimate of drug-likeness (QED) is 0.523. The van der Waals surface area contributed by atoms with E-state index in [1.54, 1.807) is 6.07 Å². The predicted molar refractivity (Wildman–Crippen MR) is 39.4 cm³/mol. The first-order valence-corrected chi connectivity index (χ1v) is 3.13. The van der Waals surface area contributed by atoms with Crippen molar-refractivity contribution in [3.8, 4) is 11.8 Å². The molecule has 0 heterocycles. The van der Waals surface area contributed by atoms with E-state index in [9.17, 15) is 14.5 Å². The van der Waals surface area contributed by atoms with Gasteiger partial charge in [0, 0.05) is 6.07 Å². The van der Waals surface area contributed by atoms with Gasteiger partial charge in [0.25, 0.3) is 0 Å². The van der Waals surface area contributed by atoms with E-state index < -0.39 is 22.2 Å². The Hall–Kier alpha value is -2.16. The molecule has 0 saturated heterocycles. The first kappa shape index (κ1) is 8.93. The van der Waals surface area contributed by atoms with Crippen molar-refractivity contribution in [2.45, 2.75) is 0 Å². The molecule has 1 aromatic rings. The summed E-state index contributed by atoms with van der Waals surface area (Å²) in [5.74, 6) is -2.07. The summed E-state index contributed by atoms with van der Waals surface area (Å²) in [7, 11) is 0. The number of phenols is 1. The highest BCUT2D eigenvalue weighted by Crippen LogP contribution is 2.29. The molecule has 0 aliphatic rings. The Morgan fingerprint density at radius 2 is 2.23 bits per heavy atom. The van der Waals surface area contributed by atoms with E-state index in [1.807, 2.05) is 0 Å². The van der Waals surface area contributed by atoms with Crippen molar-refractivity contribution < 1.29 is 14.4 Å². The third-order valence-corrected chi connectivity index (χ3v) is 1.35. The summed E-state index contributed by atoms with van der Waals surface area (Å²) in [6, 6.07) is 3.08. The highest BCUT2D eigenvalue weighted by atomic mass is 19.1. The maximum absolute atomic E-state index is 12.8. The van der Waals surface area contributed by atoms with E-state index in [-0.39, 0.29) is 5.56 Å². The number of nitro benzene ring substituents is 1. The molecule has 0 aliphatic heterocycles. The Labute approximate surface area is 71.8 Å². The number of nitro groups is 1. The van der Waals surface area contributed by atoms with Crippen LogP contribution in [0.3, 0.4) is 0 Å². The molecule has 0 aliphatic carbocycles. The van der Waals surface area contributed by atoms with Crippen LogP contribution in [-0.2, 0) is 0 Å². The highest BCUT2D eigenvalue weighted by molar-refractivity contribution is 5.51. The minimum absolute atomic E-state index is 0.166. The van der Waals surface area contributed by atoms with Crippen molar-refractivity contribution in [3.05, 3.63) is 33.6 Å². The summed E-state index contributed by atoms with van der Waals surface area (Å²) in [4.78, 5) is 9.12. The van der Waals surface area contributed by atoms with Crippen LogP contribution in [0.1, 0.15) is 5.56 Å². The van der Waals surface area contributed by atoms with E-state index in [4.69, 9.17) is 10.4 Å². The van der Waals surface area contributed by atoms with Crippen molar-refractivity contribution in [1.29, 1.82) is 5.26 Å². The molecule has 0 saturated carbocycles. The average molecular weight is 182 g/mol. The van der Waals surface area contributed by atoms with Gasteiger partial charge in [0.1, 0.15) is 0 Å². The molecule has 66 valence electrons. The van der Waals surface area contributed by atoms with Crippen LogP contribution in [0.15, 0.2) is 12.1 Å². The number of hydrogen-bond donors (Lipinski definition) is 1. The van der Waals surface area contributed by atoms with Gasteiger partial charge in [-0.25, -0.2) is 0 Å². The molecule has 1 N–H and O–H groups in total. The van der Waals surface area contributed by atoms with E-state index in [0.717, 1.165) is 6.07 Å². The number of halogens is 1. The second kappa shape index (κ2) is 3.06. The molecule has 0 spiro atoms. The molecule has 0 bridgehead atoms. The Morgan fingerprint density at radius 3 is 2.62 bits per heavy atom. The van der Waals surface area contributed by atoms with E-state index in [0.29, 0.717) is 6.07 Å². The minimum Gasteiger partial charge on any atom is -0.502 e. The van der Waals surface area contributed by atoms with Crippen LogP contribution < -0.4 is 0 Å². The molecule has 13 heavy (non-hydrogen) atoms. The first-order valence-electron chi connectivity index (χ1n) is 3.13. The van der Waals surface area contributed by atoms with Crippen LogP contribution in [0.5, 0.6) is 5.75 Å². The molecule has 0 fully saturated rings. The van der Waals surface area contributed by atoms with Gasteiger partial charge in [0.15, 0.2) is 5.75 Å². The van der Waals surface area contributed by atoms with Crippen molar-refractivity contribution in [2.24, 2.45) is 0 Å². The van der Waals surface area contributed by atoms with Crippen LogP contribution in [0.25, 0.3) is 0 Å². The topological polar surface area (TPSA) is 87.2 Å². The Kier molecular flexibility index (Phi) is 2.11. The van der Waals surface area contributed by atoms with Crippen LogP contribution in [0.2, 0.25) is 0 Å². The van der Waals surface area contributed by atoms with Crippen molar-refractivity contribution >= 4 is 5.69 Å². The molecule has 6 heteroatoms. The summed E-state index contributed by atoms with van der Waals surface area (Å²) >= 11 is 0. The van der Waals surface area contributed by atoms with Gasteiger partial charge in [-0.3, -0.25) is 10.1 Å².